The van der Waals surface area contributed by atoms with Crippen molar-refractivity contribution in [3.8, 4) is 5.75 Å². The average Bonchev–Trinajstić information content (AvgIpc) is 2.25. The highest BCUT2D eigenvalue weighted by Gasteiger charge is 2.20. The summed E-state index contributed by atoms with van der Waals surface area (Å²) in [5, 5.41) is 3.69. The number of hydrogen-bond donors (Lipinski definition) is 1. The number of carbonyl (C=O) groups is 1. The van der Waals surface area contributed by atoms with Gasteiger partial charge in [-0.25, -0.2) is 0 Å². The Balaban J connectivity index is 1.83. The molecule has 0 bridgehead atoms. The zero-order chi connectivity index (χ0) is 12.3. The van der Waals surface area contributed by atoms with Crippen LogP contribution in [-0.4, -0.2) is 31.8 Å². The molecule has 1 fully saturated rings. The van der Waals surface area contributed by atoms with E-state index < -0.39 is 0 Å². The first-order valence-electron chi connectivity index (χ1n) is 5.10. The number of halogens is 2. The van der Waals surface area contributed by atoms with E-state index in [-0.39, 0.29) is 18.6 Å². The number of rotatable bonds is 4. The Morgan fingerprint density at radius 3 is 2.88 bits per heavy atom. The van der Waals surface area contributed by atoms with Crippen molar-refractivity contribution in [2.75, 3.05) is 19.8 Å². The Kier molecular flexibility index (Phi) is 4.10. The van der Waals surface area contributed by atoms with E-state index in [0.29, 0.717) is 29.0 Å². The third-order valence-corrected chi connectivity index (χ3v) is 2.80. The van der Waals surface area contributed by atoms with Crippen LogP contribution in [0, 0.1) is 0 Å². The van der Waals surface area contributed by atoms with Crippen molar-refractivity contribution in [1.82, 2.24) is 5.32 Å². The van der Waals surface area contributed by atoms with Crippen molar-refractivity contribution in [2.45, 2.75) is 6.04 Å². The number of benzene rings is 1. The minimum absolute atomic E-state index is 0.0867. The van der Waals surface area contributed by atoms with Crippen LogP contribution in [0.1, 0.15) is 0 Å². The molecule has 2 rings (SSSR count). The highest BCUT2D eigenvalue weighted by Crippen LogP contribution is 2.27. The molecule has 1 aromatic rings. The summed E-state index contributed by atoms with van der Waals surface area (Å²) in [6, 6.07) is 4.95. The van der Waals surface area contributed by atoms with Gasteiger partial charge in [-0.15, -0.1) is 0 Å². The molecule has 0 spiro atoms. The Bertz CT molecular complexity index is 421. The number of hydrogen-bond acceptors (Lipinski definition) is 3. The van der Waals surface area contributed by atoms with Crippen molar-refractivity contribution >= 4 is 29.1 Å². The van der Waals surface area contributed by atoms with Crippen molar-refractivity contribution in [3.63, 3.8) is 0 Å². The lowest BCUT2D eigenvalue weighted by Gasteiger charge is -2.26. The molecule has 0 aromatic heterocycles. The highest BCUT2D eigenvalue weighted by atomic mass is 35.5. The van der Waals surface area contributed by atoms with E-state index in [9.17, 15) is 4.79 Å². The lowest BCUT2D eigenvalue weighted by atomic mass is 10.2. The number of amides is 1. The Hall–Kier alpha value is -0.970. The molecular weight excluding hydrogens is 265 g/mol. The van der Waals surface area contributed by atoms with Gasteiger partial charge in [0.1, 0.15) is 5.75 Å². The summed E-state index contributed by atoms with van der Waals surface area (Å²) in [7, 11) is 0. The molecule has 0 atom stereocenters. The van der Waals surface area contributed by atoms with E-state index in [1.807, 2.05) is 0 Å². The summed E-state index contributed by atoms with van der Waals surface area (Å²) < 4.78 is 10.2. The Morgan fingerprint density at radius 2 is 2.24 bits per heavy atom. The molecule has 17 heavy (non-hydrogen) atoms. The molecule has 0 aliphatic carbocycles. The van der Waals surface area contributed by atoms with Gasteiger partial charge in [-0.3, -0.25) is 4.79 Å². The van der Waals surface area contributed by atoms with E-state index in [2.05, 4.69) is 5.32 Å². The minimum atomic E-state index is -0.200. The molecule has 0 radical (unpaired) electrons. The zero-order valence-electron chi connectivity index (χ0n) is 8.91. The van der Waals surface area contributed by atoms with Crippen LogP contribution in [0.5, 0.6) is 5.75 Å². The molecule has 92 valence electrons. The fourth-order valence-corrected chi connectivity index (χ4v) is 1.65. The summed E-state index contributed by atoms with van der Waals surface area (Å²) >= 11 is 11.7. The van der Waals surface area contributed by atoms with E-state index in [1.54, 1.807) is 18.2 Å². The van der Waals surface area contributed by atoms with Gasteiger partial charge in [0.15, 0.2) is 6.61 Å². The van der Waals surface area contributed by atoms with Crippen LogP contribution >= 0.6 is 23.2 Å². The summed E-state index contributed by atoms with van der Waals surface area (Å²) in [6.07, 6.45) is 0. The lowest BCUT2D eigenvalue weighted by Crippen LogP contribution is -2.49. The van der Waals surface area contributed by atoms with Gasteiger partial charge in [-0.1, -0.05) is 23.2 Å². The van der Waals surface area contributed by atoms with Crippen LogP contribution in [0.2, 0.25) is 10.0 Å². The van der Waals surface area contributed by atoms with Crippen molar-refractivity contribution in [3.05, 3.63) is 28.2 Å². The lowest BCUT2D eigenvalue weighted by molar-refractivity contribution is -0.127. The van der Waals surface area contributed by atoms with Gasteiger partial charge in [-0.05, 0) is 12.1 Å². The Labute approximate surface area is 109 Å². The fourth-order valence-electron chi connectivity index (χ4n) is 1.32. The van der Waals surface area contributed by atoms with Gasteiger partial charge < -0.3 is 14.8 Å². The van der Waals surface area contributed by atoms with Crippen LogP contribution in [0.4, 0.5) is 0 Å². The smallest absolute Gasteiger partial charge is 0.258 e. The molecule has 1 saturated heterocycles. The maximum Gasteiger partial charge on any atom is 0.258 e. The first-order chi connectivity index (χ1) is 8.15. The summed E-state index contributed by atoms with van der Waals surface area (Å²) in [5.41, 5.74) is 0. The summed E-state index contributed by atoms with van der Waals surface area (Å²) in [5.74, 6) is 0.202. The molecule has 1 aromatic carbocycles. The van der Waals surface area contributed by atoms with E-state index >= 15 is 0 Å². The molecule has 4 nitrogen and oxygen atoms in total. The molecule has 1 amide bonds. The molecular formula is C11H11Cl2NO3. The third kappa shape index (κ3) is 3.49. The number of nitrogens with one attached hydrogen (secondary N) is 1. The normalized spacial score (nSPS) is 15.2. The Morgan fingerprint density at radius 1 is 1.47 bits per heavy atom. The molecule has 0 unspecified atom stereocenters. The van der Waals surface area contributed by atoms with Crippen LogP contribution in [0.25, 0.3) is 0 Å². The monoisotopic (exact) mass is 275 g/mol. The van der Waals surface area contributed by atoms with Crippen molar-refractivity contribution < 1.29 is 14.3 Å². The second-order valence-corrected chi connectivity index (χ2v) is 4.51. The maximum atomic E-state index is 11.4. The van der Waals surface area contributed by atoms with Gasteiger partial charge in [0.05, 0.1) is 24.3 Å². The maximum absolute atomic E-state index is 11.4. The largest absolute Gasteiger partial charge is 0.482 e. The molecule has 0 saturated carbocycles. The van der Waals surface area contributed by atoms with E-state index in [0.717, 1.165) is 0 Å². The van der Waals surface area contributed by atoms with Crippen molar-refractivity contribution in [1.29, 1.82) is 0 Å². The highest BCUT2D eigenvalue weighted by molar-refractivity contribution is 6.34. The predicted molar refractivity (Wildman–Crippen MR) is 64.7 cm³/mol. The first-order valence-corrected chi connectivity index (χ1v) is 5.85. The van der Waals surface area contributed by atoms with Gasteiger partial charge in [0.25, 0.3) is 5.91 Å². The molecule has 1 aliphatic heterocycles. The van der Waals surface area contributed by atoms with Gasteiger partial charge >= 0.3 is 0 Å². The number of ether oxygens (including phenoxy) is 2. The topological polar surface area (TPSA) is 47.6 Å². The van der Waals surface area contributed by atoms with Crippen molar-refractivity contribution in [2.24, 2.45) is 0 Å². The molecule has 1 aliphatic rings. The minimum Gasteiger partial charge on any atom is -0.482 e. The van der Waals surface area contributed by atoms with Crippen LogP contribution < -0.4 is 10.1 Å². The standard InChI is InChI=1S/C11H11Cl2NO3/c12-7-1-2-9(13)10(3-7)17-6-11(15)14-8-4-16-5-8/h1-3,8H,4-6H2,(H,14,15). The van der Waals surface area contributed by atoms with Crippen LogP contribution in [0.15, 0.2) is 18.2 Å². The average molecular weight is 276 g/mol. The molecule has 1 heterocycles. The van der Waals surface area contributed by atoms with Crippen LogP contribution in [0.3, 0.4) is 0 Å². The second-order valence-electron chi connectivity index (χ2n) is 3.67. The molecule has 6 heteroatoms. The zero-order valence-corrected chi connectivity index (χ0v) is 10.4. The quantitative estimate of drug-likeness (QED) is 0.913. The predicted octanol–water partition coefficient (Wildman–Crippen LogP) is 1.89. The SMILES string of the molecule is O=C(COc1cc(Cl)ccc1Cl)NC1COC1. The van der Waals surface area contributed by atoms with Crippen LogP contribution in [-0.2, 0) is 9.53 Å². The first kappa shape index (κ1) is 12.5. The van der Waals surface area contributed by atoms with Gasteiger partial charge in [0.2, 0.25) is 0 Å². The van der Waals surface area contributed by atoms with E-state index in [4.69, 9.17) is 32.7 Å². The summed E-state index contributed by atoms with van der Waals surface area (Å²) in [6.45, 7) is 1.03. The summed E-state index contributed by atoms with van der Waals surface area (Å²) in [4.78, 5) is 11.4. The van der Waals surface area contributed by atoms with Gasteiger partial charge in [0, 0.05) is 11.1 Å². The number of carbonyl (C=O) groups excluding carboxylic acids is 1. The molecule has 1 N–H and O–H groups in total. The van der Waals surface area contributed by atoms with Gasteiger partial charge in [-0.2, -0.15) is 0 Å². The van der Waals surface area contributed by atoms with E-state index in [1.165, 1.54) is 0 Å². The fraction of sp³-hybridized carbons (Fsp3) is 0.364. The second kappa shape index (κ2) is 5.58. The third-order valence-electron chi connectivity index (χ3n) is 2.26.